The molecule has 1 rings (SSSR count). The highest BCUT2D eigenvalue weighted by Gasteiger charge is 2.23. The normalized spacial score (nSPS) is 14.3. The monoisotopic (exact) mass is 306 g/mol. The molecule has 0 saturated heterocycles. The highest BCUT2D eigenvalue weighted by atomic mass is 32.2. The molecule has 1 aromatic rings. The lowest BCUT2D eigenvalue weighted by Gasteiger charge is -2.13. The van der Waals surface area contributed by atoms with E-state index in [-0.39, 0.29) is 22.4 Å². The van der Waals surface area contributed by atoms with Gasteiger partial charge in [-0.1, -0.05) is 12.1 Å². The van der Waals surface area contributed by atoms with Crippen molar-refractivity contribution in [3.63, 3.8) is 0 Å². The largest absolute Gasteiger partial charge is 0.316 e. The summed E-state index contributed by atoms with van der Waals surface area (Å²) in [4.78, 5) is -0.416. The van der Waals surface area contributed by atoms with Crippen LogP contribution in [0.4, 0.5) is 0 Å². The molecule has 0 heterocycles. The Morgan fingerprint density at radius 3 is 2.11 bits per heavy atom. The highest BCUT2D eigenvalue weighted by Crippen LogP contribution is 2.20. The molecular weight excluding hydrogens is 288 g/mol. The van der Waals surface area contributed by atoms with E-state index >= 15 is 0 Å². The lowest BCUT2D eigenvalue weighted by Crippen LogP contribution is -2.37. The summed E-state index contributed by atoms with van der Waals surface area (Å²) in [5, 5.41) is 2.89. The standard InChI is InChI=1S/C11H18N2O4S2/c1-9(12-2)8-13-19(16,17)11-7-5-4-6-10(11)18(3,14)15/h4-7,9,12-13H,8H2,1-3H3. The van der Waals surface area contributed by atoms with E-state index in [9.17, 15) is 16.8 Å². The molecular formula is C11H18N2O4S2. The van der Waals surface area contributed by atoms with Crippen LogP contribution in [0.25, 0.3) is 0 Å². The molecule has 6 nitrogen and oxygen atoms in total. The average molecular weight is 306 g/mol. The Morgan fingerprint density at radius 2 is 1.63 bits per heavy atom. The third-order valence-electron chi connectivity index (χ3n) is 2.61. The number of rotatable bonds is 6. The molecule has 1 unspecified atom stereocenters. The Balaban J connectivity index is 3.16. The Hall–Kier alpha value is -0.960. The van der Waals surface area contributed by atoms with Crippen molar-refractivity contribution in [2.75, 3.05) is 19.8 Å². The number of likely N-dealkylation sites (N-methyl/N-ethyl adjacent to an activating group) is 1. The first-order chi connectivity index (χ1) is 8.68. The minimum atomic E-state index is -3.85. The van der Waals surface area contributed by atoms with E-state index in [0.29, 0.717) is 0 Å². The third kappa shape index (κ3) is 4.27. The second-order valence-corrected chi connectivity index (χ2v) is 7.98. The molecule has 0 bridgehead atoms. The maximum Gasteiger partial charge on any atom is 0.241 e. The second-order valence-electron chi connectivity index (χ2n) is 4.26. The van der Waals surface area contributed by atoms with Gasteiger partial charge in [-0.3, -0.25) is 0 Å². The summed E-state index contributed by atoms with van der Waals surface area (Å²) >= 11 is 0. The molecule has 0 aliphatic heterocycles. The minimum Gasteiger partial charge on any atom is -0.316 e. The maximum absolute atomic E-state index is 12.1. The van der Waals surface area contributed by atoms with Crippen molar-refractivity contribution in [2.45, 2.75) is 22.8 Å². The lowest BCUT2D eigenvalue weighted by molar-refractivity contribution is 0.551. The quantitative estimate of drug-likeness (QED) is 0.770. The number of benzene rings is 1. The van der Waals surface area contributed by atoms with Gasteiger partial charge in [-0.25, -0.2) is 21.6 Å². The summed E-state index contributed by atoms with van der Waals surface area (Å²) in [6, 6.07) is 5.49. The van der Waals surface area contributed by atoms with Crippen molar-refractivity contribution in [1.82, 2.24) is 10.0 Å². The smallest absolute Gasteiger partial charge is 0.241 e. The minimum absolute atomic E-state index is 0.0554. The predicted molar refractivity (Wildman–Crippen MR) is 73.3 cm³/mol. The summed E-state index contributed by atoms with van der Waals surface area (Å²) in [5.41, 5.74) is 0. The molecule has 0 fully saturated rings. The number of sulfonamides is 1. The van der Waals surface area contributed by atoms with Gasteiger partial charge >= 0.3 is 0 Å². The highest BCUT2D eigenvalue weighted by molar-refractivity contribution is 7.93. The Kier molecular flexibility index (Phi) is 5.08. The predicted octanol–water partition coefficient (Wildman–Crippen LogP) is -0.0237. The fraction of sp³-hybridized carbons (Fsp3) is 0.455. The van der Waals surface area contributed by atoms with Gasteiger partial charge in [0.1, 0.15) is 4.90 Å². The molecule has 1 atom stereocenters. The molecule has 0 amide bonds. The molecule has 0 aromatic heterocycles. The Morgan fingerprint density at radius 1 is 1.11 bits per heavy atom. The summed E-state index contributed by atoms with van der Waals surface area (Å²) in [6.45, 7) is 1.99. The van der Waals surface area contributed by atoms with E-state index in [1.165, 1.54) is 24.3 Å². The van der Waals surface area contributed by atoms with Crippen molar-refractivity contribution >= 4 is 19.9 Å². The van der Waals surface area contributed by atoms with Gasteiger partial charge in [-0.2, -0.15) is 0 Å². The Labute approximate surface area is 114 Å². The molecule has 8 heteroatoms. The van der Waals surface area contributed by atoms with Gasteiger partial charge in [0.15, 0.2) is 9.84 Å². The van der Waals surface area contributed by atoms with Crippen LogP contribution in [0.2, 0.25) is 0 Å². The van der Waals surface area contributed by atoms with Crippen LogP contribution < -0.4 is 10.0 Å². The van der Waals surface area contributed by atoms with Gasteiger partial charge in [-0.05, 0) is 26.1 Å². The zero-order chi connectivity index (χ0) is 14.7. The van der Waals surface area contributed by atoms with Crippen molar-refractivity contribution in [3.05, 3.63) is 24.3 Å². The summed E-state index contributed by atoms with van der Waals surface area (Å²) < 4.78 is 49.8. The van der Waals surface area contributed by atoms with Crippen molar-refractivity contribution in [2.24, 2.45) is 0 Å². The van der Waals surface area contributed by atoms with E-state index < -0.39 is 19.9 Å². The van der Waals surface area contributed by atoms with E-state index in [4.69, 9.17) is 0 Å². The molecule has 0 saturated carbocycles. The number of hydrogen-bond donors (Lipinski definition) is 2. The Bertz CT molecular complexity index is 638. The van der Waals surface area contributed by atoms with E-state index in [1.54, 1.807) is 7.05 Å². The molecule has 0 aliphatic rings. The summed E-state index contributed by atoms with van der Waals surface area (Å²) in [5.74, 6) is 0. The fourth-order valence-corrected chi connectivity index (χ4v) is 4.15. The summed E-state index contributed by atoms with van der Waals surface area (Å²) in [6.07, 6.45) is 0.984. The number of hydrogen-bond acceptors (Lipinski definition) is 5. The van der Waals surface area contributed by atoms with Crippen molar-refractivity contribution < 1.29 is 16.8 Å². The number of nitrogens with one attached hydrogen (secondary N) is 2. The fourth-order valence-electron chi connectivity index (χ4n) is 1.39. The van der Waals surface area contributed by atoms with Gasteiger partial charge in [0.25, 0.3) is 0 Å². The average Bonchev–Trinajstić information content (AvgIpc) is 2.35. The molecule has 1 aromatic carbocycles. The third-order valence-corrected chi connectivity index (χ3v) is 5.38. The zero-order valence-corrected chi connectivity index (χ0v) is 12.7. The molecule has 0 spiro atoms. The van der Waals surface area contributed by atoms with Crippen LogP contribution in [0.5, 0.6) is 0 Å². The van der Waals surface area contributed by atoms with Gasteiger partial charge in [-0.15, -0.1) is 0 Å². The lowest BCUT2D eigenvalue weighted by atomic mass is 10.4. The topological polar surface area (TPSA) is 92.3 Å². The van der Waals surface area contributed by atoms with Crippen LogP contribution in [-0.4, -0.2) is 42.7 Å². The maximum atomic E-state index is 12.1. The molecule has 0 aliphatic carbocycles. The molecule has 19 heavy (non-hydrogen) atoms. The summed E-state index contributed by atoms with van der Waals surface area (Å²) in [7, 11) is -5.73. The van der Waals surface area contributed by atoms with Crippen molar-refractivity contribution in [3.8, 4) is 0 Å². The first-order valence-electron chi connectivity index (χ1n) is 5.64. The van der Waals surface area contributed by atoms with Crippen LogP contribution in [0.15, 0.2) is 34.1 Å². The van der Waals surface area contributed by atoms with Crippen LogP contribution in [-0.2, 0) is 19.9 Å². The SMILES string of the molecule is CNC(C)CNS(=O)(=O)c1ccccc1S(C)(=O)=O. The zero-order valence-electron chi connectivity index (χ0n) is 11.0. The second kappa shape index (κ2) is 6.00. The van der Waals surface area contributed by atoms with Crippen LogP contribution >= 0.6 is 0 Å². The van der Waals surface area contributed by atoms with E-state index in [0.717, 1.165) is 6.26 Å². The molecule has 2 N–H and O–H groups in total. The van der Waals surface area contributed by atoms with Gasteiger partial charge in [0.05, 0.1) is 4.90 Å². The van der Waals surface area contributed by atoms with E-state index in [2.05, 4.69) is 10.0 Å². The van der Waals surface area contributed by atoms with E-state index in [1.807, 2.05) is 6.92 Å². The van der Waals surface area contributed by atoms with Gasteiger partial charge < -0.3 is 5.32 Å². The van der Waals surface area contributed by atoms with Crippen LogP contribution in [0.1, 0.15) is 6.92 Å². The first-order valence-corrected chi connectivity index (χ1v) is 9.02. The first kappa shape index (κ1) is 16.1. The number of sulfone groups is 1. The van der Waals surface area contributed by atoms with Crippen LogP contribution in [0.3, 0.4) is 0 Å². The van der Waals surface area contributed by atoms with Crippen LogP contribution in [0, 0.1) is 0 Å². The van der Waals surface area contributed by atoms with Crippen molar-refractivity contribution in [1.29, 1.82) is 0 Å². The molecule has 0 radical (unpaired) electrons. The van der Waals surface area contributed by atoms with Gasteiger partial charge in [0, 0.05) is 18.8 Å². The molecule has 108 valence electrons. The van der Waals surface area contributed by atoms with Gasteiger partial charge in [0.2, 0.25) is 10.0 Å².